The highest BCUT2D eigenvalue weighted by molar-refractivity contribution is 9.10. The number of amides is 2. The van der Waals surface area contributed by atoms with Gasteiger partial charge in [0.25, 0.3) is 0 Å². The van der Waals surface area contributed by atoms with E-state index in [1.54, 1.807) is 12.1 Å². The van der Waals surface area contributed by atoms with E-state index >= 15 is 0 Å². The molecule has 0 spiro atoms. The summed E-state index contributed by atoms with van der Waals surface area (Å²) in [4.78, 5) is 43.5. The van der Waals surface area contributed by atoms with Crippen molar-refractivity contribution < 1.29 is 9.59 Å². The van der Waals surface area contributed by atoms with Crippen molar-refractivity contribution in [1.82, 2.24) is 4.98 Å². The number of hydrogen-bond acceptors (Lipinski definition) is 5. The number of carbonyl (C=O) groups is 2. The molecular formula is C22H15BrN2O3S2. The smallest absolute Gasteiger partial charge is 0.305 e. The Bertz CT molecular complexity index is 1220. The number of nitrogens with zero attached hydrogens (tertiary/aromatic N) is 1. The first-order chi connectivity index (χ1) is 14.5. The number of hydrogen-bond donors (Lipinski definition) is 1. The van der Waals surface area contributed by atoms with Gasteiger partial charge in [0.05, 0.1) is 16.6 Å². The summed E-state index contributed by atoms with van der Waals surface area (Å²) < 4.78 is 0.876. The lowest BCUT2D eigenvalue weighted by Crippen LogP contribution is -2.31. The number of fused-ring (bicyclic) bond motifs is 2. The first kappa shape index (κ1) is 19.5. The Labute approximate surface area is 188 Å². The molecule has 0 bridgehead atoms. The fourth-order valence-corrected chi connectivity index (χ4v) is 6.64. The molecule has 2 aliphatic heterocycles. The van der Waals surface area contributed by atoms with Crippen LogP contribution >= 0.6 is 39.0 Å². The SMILES string of the molecule is O=C1[C@@H]2[C@@H](Sc3[nH]c(=O)sc3[C@@H]2/C=C/c2ccccc2)C(=O)N1c1ccc(Br)cc1. The van der Waals surface area contributed by atoms with Crippen LogP contribution in [-0.4, -0.2) is 22.0 Å². The Balaban J connectivity index is 1.57. The molecule has 3 heterocycles. The molecule has 2 aromatic carbocycles. The van der Waals surface area contributed by atoms with E-state index in [1.165, 1.54) is 16.7 Å². The number of carbonyl (C=O) groups excluding carboxylic acids is 2. The van der Waals surface area contributed by atoms with Crippen molar-refractivity contribution in [2.45, 2.75) is 16.2 Å². The number of H-pyrrole nitrogens is 1. The fraction of sp³-hybridized carbons (Fsp3) is 0.136. The van der Waals surface area contributed by atoms with E-state index in [0.29, 0.717) is 10.7 Å². The number of nitrogens with one attached hydrogen (secondary N) is 1. The van der Waals surface area contributed by atoms with E-state index < -0.39 is 11.2 Å². The van der Waals surface area contributed by atoms with Gasteiger partial charge in [-0.25, -0.2) is 4.90 Å². The summed E-state index contributed by atoms with van der Waals surface area (Å²) in [6, 6.07) is 16.9. The third-order valence-corrected chi connectivity index (χ3v) is 8.20. The van der Waals surface area contributed by atoms with Gasteiger partial charge in [0.1, 0.15) is 5.25 Å². The highest BCUT2D eigenvalue weighted by atomic mass is 79.9. The number of imide groups is 1. The minimum absolute atomic E-state index is 0.171. The monoisotopic (exact) mass is 498 g/mol. The molecule has 150 valence electrons. The van der Waals surface area contributed by atoms with E-state index in [4.69, 9.17) is 0 Å². The second kappa shape index (κ2) is 7.68. The minimum Gasteiger partial charge on any atom is -0.307 e. The molecule has 3 aromatic rings. The Morgan fingerprint density at radius 2 is 1.70 bits per heavy atom. The van der Waals surface area contributed by atoms with Gasteiger partial charge in [-0.1, -0.05) is 81.5 Å². The van der Waals surface area contributed by atoms with Gasteiger partial charge in [-0.3, -0.25) is 14.4 Å². The number of rotatable bonds is 3. The number of benzene rings is 2. The van der Waals surface area contributed by atoms with Crippen LogP contribution in [0.2, 0.25) is 0 Å². The summed E-state index contributed by atoms with van der Waals surface area (Å²) in [5.41, 5.74) is 1.56. The molecule has 0 radical (unpaired) electrons. The van der Waals surface area contributed by atoms with E-state index in [2.05, 4.69) is 20.9 Å². The van der Waals surface area contributed by atoms with Crippen LogP contribution in [0.1, 0.15) is 16.4 Å². The predicted molar refractivity (Wildman–Crippen MR) is 123 cm³/mol. The first-order valence-electron chi connectivity index (χ1n) is 9.29. The topological polar surface area (TPSA) is 70.2 Å². The zero-order valence-corrected chi connectivity index (χ0v) is 18.7. The third-order valence-electron chi connectivity index (χ3n) is 5.25. The lowest BCUT2D eigenvalue weighted by Gasteiger charge is -2.27. The molecular weight excluding hydrogens is 484 g/mol. The summed E-state index contributed by atoms with van der Waals surface area (Å²) in [6.45, 7) is 0. The molecule has 5 nitrogen and oxygen atoms in total. The largest absolute Gasteiger partial charge is 0.307 e. The summed E-state index contributed by atoms with van der Waals surface area (Å²) >= 11 is 5.78. The van der Waals surface area contributed by atoms with Gasteiger partial charge in [-0.15, -0.1) is 0 Å². The summed E-state index contributed by atoms with van der Waals surface area (Å²) in [5, 5.41) is 0.122. The maximum absolute atomic E-state index is 13.4. The summed E-state index contributed by atoms with van der Waals surface area (Å²) in [5.74, 6) is -1.36. The highest BCUT2D eigenvalue weighted by Crippen LogP contribution is 2.51. The molecule has 0 saturated carbocycles. The normalized spacial score (nSPS) is 23.1. The molecule has 2 amide bonds. The van der Waals surface area contributed by atoms with Gasteiger partial charge < -0.3 is 4.98 Å². The van der Waals surface area contributed by atoms with E-state index in [9.17, 15) is 14.4 Å². The van der Waals surface area contributed by atoms with Gasteiger partial charge in [0.15, 0.2) is 0 Å². The Morgan fingerprint density at radius 1 is 0.967 bits per heavy atom. The average Bonchev–Trinajstić information content (AvgIpc) is 3.24. The molecule has 3 atom stereocenters. The minimum atomic E-state index is -0.565. The second-order valence-electron chi connectivity index (χ2n) is 7.06. The lowest BCUT2D eigenvalue weighted by atomic mass is 9.88. The van der Waals surface area contributed by atoms with Crippen molar-refractivity contribution in [3.05, 3.63) is 85.3 Å². The van der Waals surface area contributed by atoms with Crippen LogP contribution in [-0.2, 0) is 9.59 Å². The molecule has 8 heteroatoms. The number of allylic oxidation sites excluding steroid dienone is 1. The summed E-state index contributed by atoms with van der Waals surface area (Å²) in [7, 11) is 0. The standard InChI is InChI=1S/C22H15BrN2O3S2/c23-13-7-9-14(10-8-13)25-20(26)16-15(11-6-12-4-2-1-3-5-12)17-19(24-22(28)30-17)29-18(16)21(25)27/h1-11,15-16,18H,(H,24,28)/b11-6+/t15-,16+,18-/m1/s1. The Morgan fingerprint density at radius 3 is 2.43 bits per heavy atom. The maximum atomic E-state index is 13.4. The van der Waals surface area contributed by atoms with Gasteiger partial charge >= 0.3 is 4.87 Å². The van der Waals surface area contributed by atoms with Crippen molar-refractivity contribution >= 4 is 62.6 Å². The van der Waals surface area contributed by atoms with Crippen molar-refractivity contribution in [3.8, 4) is 0 Å². The number of thioether (sulfide) groups is 1. The van der Waals surface area contributed by atoms with Crippen molar-refractivity contribution in [1.29, 1.82) is 0 Å². The van der Waals surface area contributed by atoms with Crippen molar-refractivity contribution in [3.63, 3.8) is 0 Å². The Kier molecular flexibility index (Phi) is 5.00. The molecule has 5 rings (SSSR count). The number of aromatic nitrogens is 1. The Hall–Kier alpha value is -2.42. The number of thiazole rings is 1. The molecule has 2 aliphatic rings. The number of halogens is 1. The number of aromatic amines is 1. The van der Waals surface area contributed by atoms with E-state index in [-0.39, 0.29) is 22.6 Å². The van der Waals surface area contributed by atoms with Gasteiger partial charge in [0.2, 0.25) is 11.8 Å². The molecule has 30 heavy (non-hydrogen) atoms. The van der Waals surface area contributed by atoms with Gasteiger partial charge in [-0.2, -0.15) is 0 Å². The molecule has 1 N–H and O–H groups in total. The predicted octanol–water partition coefficient (Wildman–Crippen LogP) is 4.66. The van der Waals surface area contributed by atoms with Crippen LogP contribution in [0.5, 0.6) is 0 Å². The molecule has 1 aromatic heterocycles. The number of anilines is 1. The van der Waals surface area contributed by atoms with Crippen LogP contribution in [0.15, 0.2) is 75.0 Å². The van der Waals surface area contributed by atoms with Crippen LogP contribution in [0.3, 0.4) is 0 Å². The maximum Gasteiger partial charge on any atom is 0.305 e. The van der Waals surface area contributed by atoms with Crippen LogP contribution in [0.4, 0.5) is 5.69 Å². The first-order valence-corrected chi connectivity index (χ1v) is 11.8. The van der Waals surface area contributed by atoms with Crippen molar-refractivity contribution in [2.24, 2.45) is 5.92 Å². The summed E-state index contributed by atoms with van der Waals surface area (Å²) in [6.07, 6.45) is 3.90. The van der Waals surface area contributed by atoms with Gasteiger partial charge in [-0.05, 0) is 29.8 Å². The van der Waals surface area contributed by atoms with E-state index in [0.717, 1.165) is 26.3 Å². The molecule has 1 fully saturated rings. The van der Waals surface area contributed by atoms with Gasteiger partial charge in [0, 0.05) is 15.3 Å². The quantitative estimate of drug-likeness (QED) is 0.533. The average molecular weight is 499 g/mol. The van der Waals surface area contributed by atoms with Crippen molar-refractivity contribution in [2.75, 3.05) is 4.90 Å². The molecule has 0 aliphatic carbocycles. The second-order valence-corrected chi connectivity index (χ2v) is 10.1. The zero-order chi connectivity index (χ0) is 20.8. The van der Waals surface area contributed by atoms with Crippen LogP contribution in [0.25, 0.3) is 6.08 Å². The fourth-order valence-electron chi connectivity index (χ4n) is 3.89. The van der Waals surface area contributed by atoms with Crippen LogP contribution < -0.4 is 9.77 Å². The zero-order valence-electron chi connectivity index (χ0n) is 15.4. The van der Waals surface area contributed by atoms with Crippen LogP contribution in [0, 0.1) is 5.92 Å². The molecule has 0 unspecified atom stereocenters. The third kappa shape index (κ3) is 3.29. The highest BCUT2D eigenvalue weighted by Gasteiger charge is 2.55. The van der Waals surface area contributed by atoms with E-state index in [1.807, 2.05) is 54.6 Å². The molecule has 1 saturated heterocycles. The lowest BCUT2D eigenvalue weighted by molar-refractivity contribution is -0.122.